The molecule has 0 aromatic rings. The minimum Gasteiger partial charge on any atom is -0.305 e. The van der Waals surface area contributed by atoms with Crippen molar-refractivity contribution < 1.29 is 9.59 Å². The molecule has 1 unspecified atom stereocenters. The van der Waals surface area contributed by atoms with Gasteiger partial charge >= 0.3 is 0 Å². The summed E-state index contributed by atoms with van der Waals surface area (Å²) < 4.78 is 0. The lowest BCUT2D eigenvalue weighted by Crippen LogP contribution is -2.43. The molecule has 0 aromatic heterocycles. The molecule has 4 nitrogen and oxygen atoms in total. The van der Waals surface area contributed by atoms with E-state index in [1.165, 1.54) is 0 Å². The van der Waals surface area contributed by atoms with Crippen molar-refractivity contribution in [2.75, 3.05) is 6.54 Å². The van der Waals surface area contributed by atoms with E-state index in [4.69, 9.17) is 0 Å². The summed E-state index contributed by atoms with van der Waals surface area (Å²) in [5.74, 6) is 0.0240. The Kier molecular flexibility index (Phi) is 4.29. The van der Waals surface area contributed by atoms with Crippen LogP contribution < -0.4 is 5.32 Å². The van der Waals surface area contributed by atoms with Crippen LogP contribution in [-0.2, 0) is 9.59 Å². The van der Waals surface area contributed by atoms with E-state index in [9.17, 15) is 9.59 Å². The van der Waals surface area contributed by atoms with Gasteiger partial charge in [0.2, 0.25) is 11.8 Å². The van der Waals surface area contributed by atoms with Crippen molar-refractivity contribution in [1.82, 2.24) is 10.2 Å². The van der Waals surface area contributed by atoms with Crippen molar-refractivity contribution in [1.29, 1.82) is 0 Å². The van der Waals surface area contributed by atoms with Gasteiger partial charge in [0, 0.05) is 6.04 Å². The minimum absolute atomic E-state index is 0.00538. The average molecular weight is 266 g/mol. The predicted octanol–water partition coefficient (Wildman–Crippen LogP) is 2.08. The average Bonchev–Trinajstić information content (AvgIpc) is 2.87. The van der Waals surface area contributed by atoms with E-state index in [1.54, 1.807) is 4.90 Å². The Morgan fingerprint density at radius 1 is 1.21 bits per heavy atom. The predicted molar refractivity (Wildman–Crippen MR) is 74.6 cm³/mol. The molecule has 2 aliphatic rings. The number of imide groups is 1. The zero-order valence-electron chi connectivity index (χ0n) is 12.4. The van der Waals surface area contributed by atoms with Gasteiger partial charge in [-0.05, 0) is 31.2 Å². The Morgan fingerprint density at radius 2 is 1.84 bits per heavy atom. The largest absolute Gasteiger partial charge is 0.305 e. The molecule has 2 fully saturated rings. The van der Waals surface area contributed by atoms with Crippen LogP contribution in [0.4, 0.5) is 0 Å². The van der Waals surface area contributed by atoms with Crippen LogP contribution in [0, 0.1) is 5.41 Å². The first-order chi connectivity index (χ1) is 8.88. The molecule has 1 aliphatic heterocycles. The van der Waals surface area contributed by atoms with Gasteiger partial charge in [-0.3, -0.25) is 14.5 Å². The van der Waals surface area contributed by atoms with E-state index in [1.807, 2.05) is 0 Å². The molecule has 2 rings (SSSR count). The summed E-state index contributed by atoms with van der Waals surface area (Å²) in [6.45, 7) is 7.34. The molecule has 19 heavy (non-hydrogen) atoms. The maximum absolute atomic E-state index is 12.3. The van der Waals surface area contributed by atoms with Gasteiger partial charge in [0.05, 0.1) is 12.5 Å². The molecule has 0 radical (unpaired) electrons. The number of hydrogen-bond donors (Lipinski definition) is 1. The summed E-state index contributed by atoms with van der Waals surface area (Å²) in [6, 6.07) is -0.107. The van der Waals surface area contributed by atoms with Crippen LogP contribution >= 0.6 is 0 Å². The van der Waals surface area contributed by atoms with Crippen LogP contribution in [0.5, 0.6) is 0 Å². The Hall–Kier alpha value is -0.900. The second-order valence-corrected chi connectivity index (χ2v) is 7.06. The zero-order chi connectivity index (χ0) is 14.0. The van der Waals surface area contributed by atoms with Gasteiger partial charge < -0.3 is 5.32 Å². The van der Waals surface area contributed by atoms with Gasteiger partial charge in [0.25, 0.3) is 0 Å². The molecule has 1 N–H and O–H groups in total. The second-order valence-electron chi connectivity index (χ2n) is 7.06. The minimum atomic E-state index is -0.282. The van der Waals surface area contributed by atoms with E-state index in [0.717, 1.165) is 38.6 Å². The van der Waals surface area contributed by atoms with Crippen LogP contribution in [-0.4, -0.2) is 35.3 Å². The lowest BCUT2D eigenvalue weighted by molar-refractivity contribution is -0.141. The number of carbonyl (C=O) groups excluding carboxylic acids is 2. The van der Waals surface area contributed by atoms with E-state index in [-0.39, 0.29) is 29.3 Å². The number of carbonyl (C=O) groups is 2. The van der Waals surface area contributed by atoms with Crippen LogP contribution in [0.2, 0.25) is 0 Å². The van der Waals surface area contributed by atoms with Crippen molar-refractivity contribution in [3.05, 3.63) is 0 Å². The number of hydrogen-bond acceptors (Lipinski definition) is 3. The van der Waals surface area contributed by atoms with Gasteiger partial charge in [-0.1, -0.05) is 33.6 Å². The van der Waals surface area contributed by atoms with Crippen molar-refractivity contribution in [3.63, 3.8) is 0 Å². The molecule has 0 bridgehead atoms. The summed E-state index contributed by atoms with van der Waals surface area (Å²) >= 11 is 0. The lowest BCUT2D eigenvalue weighted by Gasteiger charge is -2.23. The highest BCUT2D eigenvalue weighted by atomic mass is 16.2. The van der Waals surface area contributed by atoms with Crippen molar-refractivity contribution in [3.8, 4) is 0 Å². The molecule has 0 aromatic carbocycles. The summed E-state index contributed by atoms with van der Waals surface area (Å²) in [6.07, 6.45) is 5.62. The summed E-state index contributed by atoms with van der Waals surface area (Å²) in [4.78, 5) is 25.9. The lowest BCUT2D eigenvalue weighted by atomic mass is 9.92. The fourth-order valence-electron chi connectivity index (χ4n) is 2.98. The molecule has 2 amide bonds. The molecule has 0 spiro atoms. The molecule has 1 aliphatic carbocycles. The third-order valence-corrected chi connectivity index (χ3v) is 4.14. The van der Waals surface area contributed by atoms with E-state index in [0.29, 0.717) is 6.42 Å². The Labute approximate surface area is 115 Å². The van der Waals surface area contributed by atoms with E-state index in [2.05, 4.69) is 26.1 Å². The monoisotopic (exact) mass is 266 g/mol. The highest BCUT2D eigenvalue weighted by Crippen LogP contribution is 2.28. The maximum Gasteiger partial charge on any atom is 0.247 e. The fraction of sp³-hybridized carbons (Fsp3) is 0.867. The summed E-state index contributed by atoms with van der Waals surface area (Å²) in [5, 5.41) is 3.26. The third kappa shape index (κ3) is 3.56. The summed E-state index contributed by atoms with van der Waals surface area (Å²) in [5.41, 5.74) is 0.254. The van der Waals surface area contributed by atoms with Gasteiger partial charge in [-0.25, -0.2) is 0 Å². The van der Waals surface area contributed by atoms with Crippen LogP contribution in [0.25, 0.3) is 0 Å². The highest BCUT2D eigenvalue weighted by molar-refractivity contribution is 6.05. The first-order valence-corrected chi connectivity index (χ1v) is 7.48. The molecule has 108 valence electrons. The SMILES string of the molecule is CC(C)(C)CCNC1CC(=O)N(C2CCCC2)C1=O. The Bertz CT molecular complexity index is 354. The molecule has 1 saturated carbocycles. The maximum atomic E-state index is 12.3. The van der Waals surface area contributed by atoms with Gasteiger partial charge in [-0.2, -0.15) is 0 Å². The van der Waals surface area contributed by atoms with Crippen molar-refractivity contribution in [2.45, 2.75) is 71.4 Å². The Balaban J connectivity index is 1.87. The van der Waals surface area contributed by atoms with Crippen LogP contribution in [0.3, 0.4) is 0 Å². The third-order valence-electron chi connectivity index (χ3n) is 4.14. The van der Waals surface area contributed by atoms with Crippen molar-refractivity contribution in [2.24, 2.45) is 5.41 Å². The molecule has 1 heterocycles. The topological polar surface area (TPSA) is 49.4 Å². The van der Waals surface area contributed by atoms with Crippen molar-refractivity contribution >= 4 is 11.8 Å². The number of rotatable bonds is 4. The van der Waals surface area contributed by atoms with Gasteiger partial charge in [0.1, 0.15) is 0 Å². The number of likely N-dealkylation sites (tertiary alicyclic amines) is 1. The van der Waals surface area contributed by atoms with E-state index < -0.39 is 0 Å². The summed E-state index contributed by atoms with van der Waals surface area (Å²) in [7, 11) is 0. The molecule has 1 atom stereocenters. The molecular weight excluding hydrogens is 240 g/mol. The van der Waals surface area contributed by atoms with E-state index >= 15 is 0 Å². The molecular formula is C15H26N2O2. The van der Waals surface area contributed by atoms with Gasteiger partial charge in [0.15, 0.2) is 0 Å². The quantitative estimate of drug-likeness (QED) is 0.793. The fourth-order valence-corrected chi connectivity index (χ4v) is 2.98. The molecule has 4 heteroatoms. The number of amides is 2. The number of nitrogens with zero attached hydrogens (tertiary/aromatic N) is 1. The normalized spacial score (nSPS) is 25.6. The Morgan fingerprint density at radius 3 is 2.42 bits per heavy atom. The smallest absolute Gasteiger partial charge is 0.247 e. The standard InChI is InChI=1S/C15H26N2O2/c1-15(2,3)8-9-16-12-10-13(18)17(14(12)19)11-6-4-5-7-11/h11-12,16H,4-10H2,1-3H3. The van der Waals surface area contributed by atoms with Gasteiger partial charge in [-0.15, -0.1) is 0 Å². The molecule has 1 saturated heterocycles. The first kappa shape index (κ1) is 14.5. The van der Waals surface area contributed by atoms with Crippen LogP contribution in [0.15, 0.2) is 0 Å². The first-order valence-electron chi connectivity index (χ1n) is 7.48. The highest BCUT2D eigenvalue weighted by Gasteiger charge is 2.42. The zero-order valence-corrected chi connectivity index (χ0v) is 12.4. The number of nitrogens with one attached hydrogen (secondary N) is 1. The van der Waals surface area contributed by atoms with Crippen LogP contribution in [0.1, 0.15) is 59.3 Å². The second kappa shape index (κ2) is 5.61.